The third-order valence-corrected chi connectivity index (χ3v) is 2.62. The van der Waals surface area contributed by atoms with Crippen LogP contribution in [0.25, 0.3) is 0 Å². The molecule has 0 aromatic heterocycles. The summed E-state index contributed by atoms with van der Waals surface area (Å²) in [5.74, 6) is -1.01. The van der Waals surface area contributed by atoms with Crippen LogP contribution in [0.15, 0.2) is 36.4 Å². The molecule has 0 radical (unpaired) electrons. The average molecular weight is 322 g/mol. The molecule has 23 heavy (non-hydrogen) atoms. The molecular formula is C16H18O7. The highest BCUT2D eigenvalue weighted by molar-refractivity contribution is 5.91. The number of rotatable bonds is 8. The van der Waals surface area contributed by atoms with Gasteiger partial charge in [0.05, 0.1) is 20.8 Å². The molecule has 0 saturated heterocycles. The van der Waals surface area contributed by atoms with Crippen molar-refractivity contribution in [3.63, 3.8) is 0 Å². The van der Waals surface area contributed by atoms with E-state index in [0.29, 0.717) is 17.9 Å². The fourth-order valence-corrected chi connectivity index (χ4v) is 1.52. The second-order valence-electron chi connectivity index (χ2n) is 4.25. The van der Waals surface area contributed by atoms with Gasteiger partial charge in [0.25, 0.3) is 0 Å². The highest BCUT2D eigenvalue weighted by Crippen LogP contribution is 2.26. The molecule has 0 fully saturated rings. The molecule has 0 saturated carbocycles. The topological polar surface area (TPSA) is 88.1 Å². The van der Waals surface area contributed by atoms with Gasteiger partial charge in [-0.05, 0) is 18.6 Å². The molecule has 0 heterocycles. The van der Waals surface area contributed by atoms with Crippen LogP contribution in [-0.2, 0) is 23.9 Å². The lowest BCUT2D eigenvalue weighted by atomic mass is 10.3. The molecule has 1 rings (SSSR count). The van der Waals surface area contributed by atoms with Crippen LogP contribution in [0.2, 0.25) is 0 Å². The molecule has 0 spiro atoms. The minimum absolute atomic E-state index is 0.0331. The molecule has 1 aromatic carbocycles. The molecule has 0 unspecified atom stereocenters. The van der Waals surface area contributed by atoms with Gasteiger partial charge in [0.2, 0.25) is 0 Å². The summed E-state index contributed by atoms with van der Waals surface area (Å²) in [7, 11) is 2.68. The van der Waals surface area contributed by atoms with Crippen LogP contribution in [0.5, 0.6) is 11.5 Å². The van der Waals surface area contributed by atoms with Gasteiger partial charge in [0, 0.05) is 18.6 Å². The van der Waals surface area contributed by atoms with E-state index < -0.39 is 17.9 Å². The van der Waals surface area contributed by atoms with Gasteiger partial charge in [-0.25, -0.2) is 9.59 Å². The summed E-state index contributed by atoms with van der Waals surface area (Å²) < 4.78 is 19.4. The van der Waals surface area contributed by atoms with Crippen molar-refractivity contribution in [3.05, 3.63) is 36.4 Å². The summed E-state index contributed by atoms with van der Waals surface area (Å²) >= 11 is 0. The van der Waals surface area contributed by atoms with Crippen molar-refractivity contribution in [2.45, 2.75) is 12.8 Å². The normalized spacial score (nSPS) is 10.2. The summed E-state index contributed by atoms with van der Waals surface area (Å²) in [4.78, 5) is 33.7. The fraction of sp³-hybridized carbons (Fsp3) is 0.312. The van der Waals surface area contributed by atoms with Crippen LogP contribution in [0, 0.1) is 0 Å². The molecule has 1 aromatic rings. The van der Waals surface area contributed by atoms with Crippen molar-refractivity contribution in [1.29, 1.82) is 0 Å². The molecule has 0 atom stereocenters. The molecular weight excluding hydrogens is 304 g/mol. The van der Waals surface area contributed by atoms with E-state index in [1.54, 1.807) is 24.3 Å². The Kier molecular flexibility index (Phi) is 7.91. The molecule has 7 nitrogen and oxygen atoms in total. The summed E-state index contributed by atoms with van der Waals surface area (Å²) in [6.45, 7) is 0.0331. The molecule has 0 aliphatic heterocycles. The van der Waals surface area contributed by atoms with Crippen LogP contribution in [0.1, 0.15) is 12.8 Å². The first kappa shape index (κ1) is 18.2. The number of ether oxygens (including phenoxy) is 4. The van der Waals surface area contributed by atoms with Crippen molar-refractivity contribution in [1.82, 2.24) is 0 Å². The number of hydrogen-bond acceptors (Lipinski definition) is 7. The first-order chi connectivity index (χ1) is 11.1. The summed E-state index contributed by atoms with van der Waals surface area (Å²) in [6, 6.07) is 6.78. The smallest absolute Gasteiger partial charge is 0.331 e. The Bertz CT molecular complexity index is 578. The minimum atomic E-state index is -0.687. The quantitative estimate of drug-likeness (QED) is 0.311. The Hall–Kier alpha value is -2.83. The lowest BCUT2D eigenvalue weighted by Gasteiger charge is -2.08. The number of benzene rings is 1. The summed E-state index contributed by atoms with van der Waals surface area (Å²) in [5, 5.41) is 0. The number of carbonyl (C=O) groups is 3. The number of methoxy groups -OCH3 is 2. The standard InChI is InChI=1S/C16H18O7/c1-20-12-6-3-4-7-13(12)23-16(19)8-5-11-22-15(18)10-9-14(17)21-2/h3-4,6-7,9-10H,5,8,11H2,1-2H3/b10-9+. The van der Waals surface area contributed by atoms with E-state index in [-0.39, 0.29) is 13.0 Å². The lowest BCUT2D eigenvalue weighted by molar-refractivity contribution is -0.140. The Labute approximate surface area is 133 Å². The van der Waals surface area contributed by atoms with Gasteiger partial charge >= 0.3 is 17.9 Å². The van der Waals surface area contributed by atoms with Gasteiger partial charge in [0.15, 0.2) is 11.5 Å². The first-order valence-corrected chi connectivity index (χ1v) is 6.83. The van der Waals surface area contributed by atoms with Gasteiger partial charge in [-0.3, -0.25) is 4.79 Å². The lowest BCUT2D eigenvalue weighted by Crippen LogP contribution is -2.11. The van der Waals surface area contributed by atoms with Crippen molar-refractivity contribution in [2.24, 2.45) is 0 Å². The predicted molar refractivity (Wildman–Crippen MR) is 80.0 cm³/mol. The zero-order valence-electron chi connectivity index (χ0n) is 12.9. The second-order valence-corrected chi connectivity index (χ2v) is 4.25. The monoisotopic (exact) mass is 322 g/mol. The zero-order valence-corrected chi connectivity index (χ0v) is 12.9. The van der Waals surface area contributed by atoms with Crippen molar-refractivity contribution >= 4 is 17.9 Å². The van der Waals surface area contributed by atoms with E-state index in [2.05, 4.69) is 4.74 Å². The molecule has 7 heteroatoms. The Balaban J connectivity index is 2.28. The van der Waals surface area contributed by atoms with Gasteiger partial charge in [-0.15, -0.1) is 0 Å². The van der Waals surface area contributed by atoms with Crippen LogP contribution >= 0.6 is 0 Å². The summed E-state index contributed by atoms with van der Waals surface area (Å²) in [5.41, 5.74) is 0. The van der Waals surface area contributed by atoms with E-state index in [0.717, 1.165) is 12.2 Å². The maximum atomic E-state index is 11.7. The van der Waals surface area contributed by atoms with Crippen LogP contribution in [-0.4, -0.2) is 38.7 Å². The molecule has 0 aliphatic carbocycles. The van der Waals surface area contributed by atoms with E-state index in [9.17, 15) is 14.4 Å². The largest absolute Gasteiger partial charge is 0.493 e. The van der Waals surface area contributed by atoms with E-state index in [1.807, 2.05) is 0 Å². The Morgan fingerprint density at radius 2 is 1.65 bits per heavy atom. The SMILES string of the molecule is COC(=O)/C=C/C(=O)OCCCC(=O)Oc1ccccc1OC. The molecule has 0 N–H and O–H groups in total. The third-order valence-electron chi connectivity index (χ3n) is 2.62. The molecule has 0 bridgehead atoms. The minimum Gasteiger partial charge on any atom is -0.493 e. The second kappa shape index (κ2) is 9.99. The summed E-state index contributed by atoms with van der Waals surface area (Å²) in [6.07, 6.45) is 2.29. The van der Waals surface area contributed by atoms with Gasteiger partial charge in [0.1, 0.15) is 0 Å². The maximum absolute atomic E-state index is 11.7. The van der Waals surface area contributed by atoms with Gasteiger partial charge in [-0.2, -0.15) is 0 Å². The molecule has 0 aliphatic rings. The molecule has 124 valence electrons. The highest BCUT2D eigenvalue weighted by Gasteiger charge is 2.09. The zero-order chi connectivity index (χ0) is 17.1. The van der Waals surface area contributed by atoms with Crippen molar-refractivity contribution in [3.8, 4) is 11.5 Å². The predicted octanol–water partition coefficient (Wildman–Crippen LogP) is 1.65. The number of para-hydroxylation sites is 2. The number of esters is 3. The van der Waals surface area contributed by atoms with E-state index in [1.165, 1.54) is 14.2 Å². The highest BCUT2D eigenvalue weighted by atomic mass is 16.6. The number of carbonyl (C=O) groups excluding carboxylic acids is 3. The van der Waals surface area contributed by atoms with Crippen LogP contribution in [0.4, 0.5) is 0 Å². The van der Waals surface area contributed by atoms with Crippen LogP contribution in [0.3, 0.4) is 0 Å². The fourth-order valence-electron chi connectivity index (χ4n) is 1.52. The van der Waals surface area contributed by atoms with Crippen molar-refractivity contribution in [2.75, 3.05) is 20.8 Å². The van der Waals surface area contributed by atoms with E-state index in [4.69, 9.17) is 14.2 Å². The first-order valence-electron chi connectivity index (χ1n) is 6.83. The Morgan fingerprint density at radius 3 is 2.30 bits per heavy atom. The van der Waals surface area contributed by atoms with Crippen molar-refractivity contribution < 1.29 is 33.3 Å². The van der Waals surface area contributed by atoms with E-state index >= 15 is 0 Å². The third kappa shape index (κ3) is 7.12. The maximum Gasteiger partial charge on any atom is 0.331 e. The van der Waals surface area contributed by atoms with Crippen LogP contribution < -0.4 is 9.47 Å². The number of hydrogen-bond donors (Lipinski definition) is 0. The van der Waals surface area contributed by atoms with Gasteiger partial charge < -0.3 is 18.9 Å². The molecule has 0 amide bonds. The average Bonchev–Trinajstić information content (AvgIpc) is 2.57. The Morgan fingerprint density at radius 1 is 1.00 bits per heavy atom. The van der Waals surface area contributed by atoms with Gasteiger partial charge in [-0.1, -0.05) is 12.1 Å².